The highest BCUT2D eigenvalue weighted by molar-refractivity contribution is 5.52. The molecule has 1 N–H and O–H groups in total. The predicted molar refractivity (Wildman–Crippen MR) is 71.9 cm³/mol. The van der Waals surface area contributed by atoms with E-state index in [1.54, 1.807) is 0 Å². The first-order valence-corrected chi connectivity index (χ1v) is 6.22. The van der Waals surface area contributed by atoms with Gasteiger partial charge in [-0.2, -0.15) is 0 Å². The minimum atomic E-state index is 0.750. The summed E-state index contributed by atoms with van der Waals surface area (Å²) in [6.45, 7) is 3.60. The highest BCUT2D eigenvalue weighted by atomic mass is 16.5. The third kappa shape index (κ3) is 2.30. The van der Waals surface area contributed by atoms with Crippen molar-refractivity contribution in [2.75, 3.05) is 11.9 Å². The summed E-state index contributed by atoms with van der Waals surface area (Å²) in [7, 11) is 0. The van der Waals surface area contributed by atoms with Gasteiger partial charge in [0, 0.05) is 18.3 Å². The molecule has 0 fully saturated rings. The molecule has 1 aliphatic heterocycles. The van der Waals surface area contributed by atoms with Crippen molar-refractivity contribution in [3.8, 4) is 5.75 Å². The number of hydrogen-bond donors (Lipinski definition) is 1. The summed E-state index contributed by atoms with van der Waals surface area (Å²) in [6, 6.07) is 10.4. The number of fused-ring (bicyclic) bond motifs is 1. The number of rotatable bonds is 3. The van der Waals surface area contributed by atoms with E-state index in [0.29, 0.717) is 0 Å². The van der Waals surface area contributed by atoms with Gasteiger partial charge in [-0.15, -0.1) is 0 Å². The maximum atomic E-state index is 5.49. The maximum Gasteiger partial charge on any atom is 0.122 e. The van der Waals surface area contributed by atoms with E-state index in [4.69, 9.17) is 4.74 Å². The molecule has 0 saturated heterocycles. The van der Waals surface area contributed by atoms with Crippen LogP contribution in [0.5, 0.6) is 5.75 Å². The Balaban J connectivity index is 1.68. The lowest BCUT2D eigenvalue weighted by molar-refractivity contribution is 0.357. The number of aryl methyl sites for hydroxylation is 1. The van der Waals surface area contributed by atoms with Crippen molar-refractivity contribution >= 4 is 5.69 Å². The van der Waals surface area contributed by atoms with Crippen LogP contribution in [0.2, 0.25) is 0 Å². The minimum absolute atomic E-state index is 0.750. The first-order chi connectivity index (χ1) is 8.81. The van der Waals surface area contributed by atoms with Crippen molar-refractivity contribution in [1.82, 2.24) is 4.98 Å². The molecule has 1 aromatic carbocycles. The molecule has 0 bridgehead atoms. The molecule has 0 radical (unpaired) electrons. The number of nitrogens with one attached hydrogen (secondary N) is 1. The molecule has 3 heteroatoms. The van der Waals surface area contributed by atoms with Crippen LogP contribution < -0.4 is 10.1 Å². The van der Waals surface area contributed by atoms with Crippen LogP contribution in [0.1, 0.15) is 16.8 Å². The molecule has 0 saturated carbocycles. The molecule has 3 nitrogen and oxygen atoms in total. The first-order valence-electron chi connectivity index (χ1n) is 6.22. The average molecular weight is 240 g/mol. The minimum Gasteiger partial charge on any atom is -0.493 e. The molecule has 0 unspecified atom stereocenters. The summed E-state index contributed by atoms with van der Waals surface area (Å²) in [4.78, 5) is 4.38. The molecule has 2 aromatic rings. The standard InChI is InChI=1S/C15H16N2O/c1-11-2-3-14(16-9-11)10-17-13-4-5-15-12(8-13)6-7-18-15/h2-5,8-9,17H,6-7,10H2,1H3. The zero-order valence-electron chi connectivity index (χ0n) is 10.4. The van der Waals surface area contributed by atoms with Crippen LogP contribution in [0, 0.1) is 6.92 Å². The maximum absolute atomic E-state index is 5.49. The van der Waals surface area contributed by atoms with E-state index in [0.717, 1.165) is 36.7 Å². The van der Waals surface area contributed by atoms with Crippen LogP contribution in [0.25, 0.3) is 0 Å². The van der Waals surface area contributed by atoms with E-state index >= 15 is 0 Å². The Labute approximate surface area is 107 Å². The SMILES string of the molecule is Cc1ccc(CNc2ccc3c(c2)CCO3)nc1. The highest BCUT2D eigenvalue weighted by Gasteiger charge is 2.11. The van der Waals surface area contributed by atoms with Gasteiger partial charge in [-0.1, -0.05) is 6.07 Å². The lowest BCUT2D eigenvalue weighted by Gasteiger charge is -2.07. The van der Waals surface area contributed by atoms with E-state index in [1.165, 1.54) is 11.1 Å². The number of anilines is 1. The quantitative estimate of drug-likeness (QED) is 0.895. The van der Waals surface area contributed by atoms with Gasteiger partial charge in [-0.3, -0.25) is 4.98 Å². The van der Waals surface area contributed by atoms with Gasteiger partial charge in [0.15, 0.2) is 0 Å². The Morgan fingerprint density at radius 2 is 2.22 bits per heavy atom. The largest absolute Gasteiger partial charge is 0.493 e. The summed E-state index contributed by atoms with van der Waals surface area (Å²) in [5.41, 5.74) is 4.66. The Morgan fingerprint density at radius 3 is 3.06 bits per heavy atom. The average Bonchev–Trinajstić information content (AvgIpc) is 2.85. The molecule has 92 valence electrons. The van der Waals surface area contributed by atoms with Crippen LogP contribution in [-0.2, 0) is 13.0 Å². The topological polar surface area (TPSA) is 34.1 Å². The molecule has 0 aliphatic carbocycles. The second-order valence-corrected chi connectivity index (χ2v) is 4.60. The van der Waals surface area contributed by atoms with E-state index in [1.807, 2.05) is 19.2 Å². The number of nitrogens with zero attached hydrogens (tertiary/aromatic N) is 1. The Morgan fingerprint density at radius 1 is 1.28 bits per heavy atom. The third-order valence-corrected chi connectivity index (χ3v) is 3.14. The van der Waals surface area contributed by atoms with Gasteiger partial charge in [0.1, 0.15) is 5.75 Å². The highest BCUT2D eigenvalue weighted by Crippen LogP contribution is 2.27. The summed E-state index contributed by atoms with van der Waals surface area (Å²) in [5.74, 6) is 1.02. The number of hydrogen-bond acceptors (Lipinski definition) is 3. The van der Waals surface area contributed by atoms with E-state index in [-0.39, 0.29) is 0 Å². The van der Waals surface area contributed by atoms with Crippen LogP contribution in [0.4, 0.5) is 5.69 Å². The van der Waals surface area contributed by atoms with Gasteiger partial charge in [0.25, 0.3) is 0 Å². The third-order valence-electron chi connectivity index (χ3n) is 3.14. The molecule has 0 amide bonds. The van der Waals surface area contributed by atoms with Crippen LogP contribution in [-0.4, -0.2) is 11.6 Å². The van der Waals surface area contributed by atoms with Crippen molar-refractivity contribution in [1.29, 1.82) is 0 Å². The summed E-state index contributed by atoms with van der Waals surface area (Å²) in [5, 5.41) is 3.39. The Bertz CT molecular complexity index is 549. The summed E-state index contributed by atoms with van der Waals surface area (Å²) >= 11 is 0. The molecule has 0 spiro atoms. The van der Waals surface area contributed by atoms with E-state index in [2.05, 4.69) is 34.6 Å². The monoisotopic (exact) mass is 240 g/mol. The van der Waals surface area contributed by atoms with Crippen LogP contribution in [0.15, 0.2) is 36.5 Å². The van der Waals surface area contributed by atoms with Gasteiger partial charge < -0.3 is 10.1 Å². The summed E-state index contributed by atoms with van der Waals surface area (Å²) < 4.78 is 5.49. The number of ether oxygens (including phenoxy) is 1. The van der Waals surface area contributed by atoms with Gasteiger partial charge in [-0.05, 0) is 42.3 Å². The molecule has 0 atom stereocenters. The summed E-state index contributed by atoms with van der Waals surface area (Å²) in [6.07, 6.45) is 2.90. The van der Waals surface area contributed by atoms with Crippen molar-refractivity contribution in [3.05, 3.63) is 53.3 Å². The lowest BCUT2D eigenvalue weighted by atomic mass is 10.1. The van der Waals surface area contributed by atoms with Gasteiger partial charge in [0.2, 0.25) is 0 Å². The number of pyridine rings is 1. The van der Waals surface area contributed by atoms with E-state index in [9.17, 15) is 0 Å². The molecular formula is C15H16N2O. The fraction of sp³-hybridized carbons (Fsp3) is 0.267. The Kier molecular flexibility index (Phi) is 2.89. The van der Waals surface area contributed by atoms with Crippen molar-refractivity contribution in [2.24, 2.45) is 0 Å². The molecule has 3 rings (SSSR count). The molecule has 2 heterocycles. The molecule has 1 aromatic heterocycles. The van der Waals surface area contributed by atoms with Gasteiger partial charge >= 0.3 is 0 Å². The van der Waals surface area contributed by atoms with Crippen LogP contribution in [0.3, 0.4) is 0 Å². The number of aromatic nitrogens is 1. The fourth-order valence-electron chi connectivity index (χ4n) is 2.09. The Hall–Kier alpha value is -2.03. The second-order valence-electron chi connectivity index (χ2n) is 4.60. The van der Waals surface area contributed by atoms with Crippen molar-refractivity contribution in [3.63, 3.8) is 0 Å². The van der Waals surface area contributed by atoms with E-state index < -0.39 is 0 Å². The smallest absolute Gasteiger partial charge is 0.122 e. The first kappa shape index (κ1) is 11.1. The zero-order chi connectivity index (χ0) is 12.4. The molecule has 1 aliphatic rings. The predicted octanol–water partition coefficient (Wildman–Crippen LogP) is 2.94. The fourth-order valence-corrected chi connectivity index (χ4v) is 2.09. The lowest BCUT2D eigenvalue weighted by Crippen LogP contribution is -2.01. The molecular weight excluding hydrogens is 224 g/mol. The second kappa shape index (κ2) is 4.69. The van der Waals surface area contributed by atoms with Gasteiger partial charge in [-0.25, -0.2) is 0 Å². The zero-order valence-corrected chi connectivity index (χ0v) is 10.4. The van der Waals surface area contributed by atoms with Crippen molar-refractivity contribution < 1.29 is 4.74 Å². The number of benzene rings is 1. The van der Waals surface area contributed by atoms with Crippen LogP contribution >= 0.6 is 0 Å². The normalized spacial score (nSPS) is 12.9. The van der Waals surface area contributed by atoms with Crippen molar-refractivity contribution in [2.45, 2.75) is 19.9 Å². The van der Waals surface area contributed by atoms with Gasteiger partial charge in [0.05, 0.1) is 18.8 Å². The molecule has 18 heavy (non-hydrogen) atoms.